The molecule has 1 aliphatic rings. The number of rotatable bonds is 5. The average Bonchev–Trinajstić information content (AvgIpc) is 3.16. The van der Waals surface area contributed by atoms with Crippen molar-refractivity contribution in [1.29, 1.82) is 0 Å². The third-order valence-corrected chi connectivity index (χ3v) is 3.91. The molecule has 1 aliphatic carbocycles. The fourth-order valence-electron chi connectivity index (χ4n) is 1.96. The maximum Gasteiger partial charge on any atom is 0.313 e. The van der Waals surface area contributed by atoms with Crippen LogP contribution in [-0.4, -0.2) is 31.6 Å². The molecule has 20 heavy (non-hydrogen) atoms. The van der Waals surface area contributed by atoms with Gasteiger partial charge < -0.3 is 5.11 Å². The number of halogens is 1. The zero-order chi connectivity index (χ0) is 14.1. The number of aromatic nitrogens is 3. The zero-order valence-electron chi connectivity index (χ0n) is 10.5. The van der Waals surface area contributed by atoms with Crippen LogP contribution in [0.5, 0.6) is 0 Å². The Labute approximate surface area is 118 Å². The summed E-state index contributed by atoms with van der Waals surface area (Å²) in [6.45, 7) is 0. The maximum absolute atomic E-state index is 13.4. The van der Waals surface area contributed by atoms with Gasteiger partial charge in [0, 0.05) is 5.92 Å². The normalized spacial score (nSPS) is 14.4. The molecule has 1 aromatic carbocycles. The fourth-order valence-corrected chi connectivity index (χ4v) is 2.64. The van der Waals surface area contributed by atoms with E-state index in [9.17, 15) is 9.18 Å². The first-order valence-corrected chi connectivity index (χ1v) is 7.19. The summed E-state index contributed by atoms with van der Waals surface area (Å²) in [5, 5.41) is 17.4. The average molecular weight is 293 g/mol. The highest BCUT2D eigenvalue weighted by molar-refractivity contribution is 7.99. The maximum atomic E-state index is 13.4. The van der Waals surface area contributed by atoms with Gasteiger partial charge in [0.15, 0.2) is 5.16 Å². The second-order valence-corrected chi connectivity index (χ2v) is 5.56. The van der Waals surface area contributed by atoms with Crippen LogP contribution in [0.25, 0.3) is 5.69 Å². The van der Waals surface area contributed by atoms with Gasteiger partial charge in [-0.2, -0.15) is 0 Å². The van der Waals surface area contributed by atoms with Gasteiger partial charge in [-0.3, -0.25) is 9.36 Å². The third-order valence-electron chi connectivity index (χ3n) is 2.99. The van der Waals surface area contributed by atoms with Crippen LogP contribution in [0, 0.1) is 5.82 Å². The number of aliphatic carboxylic acids is 1. The first kappa shape index (κ1) is 13.1. The van der Waals surface area contributed by atoms with Crippen molar-refractivity contribution in [3.8, 4) is 5.69 Å². The van der Waals surface area contributed by atoms with Gasteiger partial charge in [-0.1, -0.05) is 17.8 Å². The topological polar surface area (TPSA) is 68.0 Å². The standard InChI is InChI=1S/C13H12FN3O2S/c14-9-2-1-3-10(6-9)17-12(8-4-5-8)15-16-13(17)20-7-11(18)19/h1-3,6,8H,4-5,7H2,(H,18,19). The van der Waals surface area contributed by atoms with Gasteiger partial charge in [0.25, 0.3) is 0 Å². The van der Waals surface area contributed by atoms with E-state index in [1.165, 1.54) is 12.1 Å². The summed E-state index contributed by atoms with van der Waals surface area (Å²) in [4.78, 5) is 10.7. The molecule has 1 aromatic heterocycles. The molecule has 7 heteroatoms. The number of carboxylic acid groups (broad SMARTS) is 1. The summed E-state index contributed by atoms with van der Waals surface area (Å²) in [6.07, 6.45) is 2.08. The van der Waals surface area contributed by atoms with Crippen LogP contribution in [0.4, 0.5) is 4.39 Å². The summed E-state index contributed by atoms with van der Waals surface area (Å²) in [5.74, 6) is -0.240. The highest BCUT2D eigenvalue weighted by atomic mass is 32.2. The van der Waals surface area contributed by atoms with Crippen molar-refractivity contribution in [2.24, 2.45) is 0 Å². The zero-order valence-corrected chi connectivity index (χ0v) is 11.3. The molecule has 0 bridgehead atoms. The van der Waals surface area contributed by atoms with Crippen molar-refractivity contribution in [2.45, 2.75) is 23.9 Å². The molecule has 3 rings (SSSR count). The van der Waals surface area contributed by atoms with E-state index in [0.717, 1.165) is 30.4 Å². The first-order chi connectivity index (χ1) is 9.65. The molecule has 0 aliphatic heterocycles. The number of nitrogens with zero attached hydrogens (tertiary/aromatic N) is 3. The van der Waals surface area contributed by atoms with Crippen molar-refractivity contribution in [3.05, 3.63) is 35.9 Å². The Morgan fingerprint density at radius 3 is 2.90 bits per heavy atom. The van der Waals surface area contributed by atoms with Crippen LogP contribution in [-0.2, 0) is 4.79 Å². The smallest absolute Gasteiger partial charge is 0.313 e. The summed E-state index contributed by atoms with van der Waals surface area (Å²) in [6, 6.07) is 6.16. The first-order valence-electron chi connectivity index (χ1n) is 6.21. The van der Waals surface area contributed by atoms with Crippen LogP contribution in [0.3, 0.4) is 0 Å². The third kappa shape index (κ3) is 2.67. The van der Waals surface area contributed by atoms with Gasteiger partial charge in [0.2, 0.25) is 0 Å². The van der Waals surface area contributed by atoms with Crippen molar-refractivity contribution >= 4 is 17.7 Å². The number of carboxylic acids is 1. The van der Waals surface area contributed by atoms with Crippen LogP contribution in [0.2, 0.25) is 0 Å². The quantitative estimate of drug-likeness (QED) is 0.858. The minimum atomic E-state index is -0.920. The molecule has 0 unspecified atom stereocenters. The molecule has 1 heterocycles. The highest BCUT2D eigenvalue weighted by Gasteiger charge is 2.31. The van der Waals surface area contributed by atoms with Gasteiger partial charge in [0.05, 0.1) is 11.4 Å². The van der Waals surface area contributed by atoms with E-state index in [1.54, 1.807) is 16.7 Å². The second-order valence-electron chi connectivity index (χ2n) is 4.61. The largest absolute Gasteiger partial charge is 0.481 e. The van der Waals surface area contributed by atoms with Crippen LogP contribution >= 0.6 is 11.8 Å². The van der Waals surface area contributed by atoms with Gasteiger partial charge in [-0.05, 0) is 31.0 Å². The van der Waals surface area contributed by atoms with Gasteiger partial charge in [-0.25, -0.2) is 4.39 Å². The SMILES string of the molecule is O=C(O)CSc1nnc(C2CC2)n1-c1cccc(F)c1. The lowest BCUT2D eigenvalue weighted by Gasteiger charge is -2.09. The Kier molecular flexibility index (Phi) is 3.43. The Morgan fingerprint density at radius 1 is 1.45 bits per heavy atom. The van der Waals surface area contributed by atoms with E-state index in [1.807, 2.05) is 0 Å². The van der Waals surface area contributed by atoms with Crippen LogP contribution in [0.15, 0.2) is 29.4 Å². The van der Waals surface area contributed by atoms with Crippen molar-refractivity contribution in [2.75, 3.05) is 5.75 Å². The lowest BCUT2D eigenvalue weighted by molar-refractivity contribution is -0.133. The summed E-state index contributed by atoms with van der Waals surface area (Å²) in [5.41, 5.74) is 0.629. The summed E-state index contributed by atoms with van der Waals surface area (Å²) >= 11 is 1.09. The van der Waals surface area contributed by atoms with Gasteiger partial charge in [0.1, 0.15) is 11.6 Å². The van der Waals surface area contributed by atoms with E-state index in [4.69, 9.17) is 5.11 Å². The predicted octanol–water partition coefficient (Wildman–Crippen LogP) is 2.46. The molecule has 2 aromatic rings. The molecule has 104 valence electrons. The second kappa shape index (κ2) is 5.24. The summed E-state index contributed by atoms with van der Waals surface area (Å²) < 4.78 is 15.2. The minimum absolute atomic E-state index is 0.0991. The molecule has 1 saturated carbocycles. The van der Waals surface area contributed by atoms with Gasteiger partial charge in [-0.15, -0.1) is 10.2 Å². The van der Waals surface area contributed by atoms with Crippen molar-refractivity contribution in [3.63, 3.8) is 0 Å². The predicted molar refractivity (Wildman–Crippen MR) is 71.7 cm³/mol. The van der Waals surface area contributed by atoms with E-state index >= 15 is 0 Å². The summed E-state index contributed by atoms with van der Waals surface area (Å²) in [7, 11) is 0. The molecule has 0 atom stereocenters. The molecule has 0 spiro atoms. The molecule has 5 nitrogen and oxygen atoms in total. The number of hydrogen-bond donors (Lipinski definition) is 1. The molecule has 0 saturated heterocycles. The van der Waals surface area contributed by atoms with E-state index in [-0.39, 0.29) is 11.6 Å². The number of hydrogen-bond acceptors (Lipinski definition) is 4. The Bertz CT molecular complexity index is 655. The lowest BCUT2D eigenvalue weighted by atomic mass is 10.3. The molecule has 0 radical (unpaired) electrons. The van der Waals surface area contributed by atoms with Crippen LogP contribution in [0.1, 0.15) is 24.6 Å². The number of benzene rings is 1. The minimum Gasteiger partial charge on any atom is -0.481 e. The van der Waals surface area contributed by atoms with E-state index in [0.29, 0.717) is 16.8 Å². The molecule has 0 amide bonds. The molecular formula is C13H12FN3O2S. The van der Waals surface area contributed by atoms with Crippen molar-refractivity contribution < 1.29 is 14.3 Å². The lowest BCUT2D eigenvalue weighted by Crippen LogP contribution is -2.04. The number of thioether (sulfide) groups is 1. The Hall–Kier alpha value is -1.89. The van der Waals surface area contributed by atoms with Crippen LogP contribution < -0.4 is 0 Å². The van der Waals surface area contributed by atoms with Crippen molar-refractivity contribution in [1.82, 2.24) is 14.8 Å². The fraction of sp³-hybridized carbons (Fsp3) is 0.308. The Balaban J connectivity index is 2.01. The highest BCUT2D eigenvalue weighted by Crippen LogP contribution is 2.41. The molecule has 1 N–H and O–H groups in total. The monoisotopic (exact) mass is 293 g/mol. The Morgan fingerprint density at radius 2 is 2.25 bits per heavy atom. The van der Waals surface area contributed by atoms with Gasteiger partial charge >= 0.3 is 5.97 Å². The molecular weight excluding hydrogens is 281 g/mol. The van der Waals surface area contributed by atoms with E-state index in [2.05, 4.69) is 10.2 Å². The molecule has 1 fully saturated rings. The van der Waals surface area contributed by atoms with E-state index < -0.39 is 5.97 Å². The number of carbonyl (C=O) groups is 1.